The average Bonchev–Trinajstić information content (AvgIpc) is 2.40. The van der Waals surface area contributed by atoms with Crippen LogP contribution < -0.4 is 5.32 Å². The Labute approximate surface area is 109 Å². The number of nitrogens with zero attached hydrogens (tertiary/aromatic N) is 1. The lowest BCUT2D eigenvalue weighted by atomic mass is 9.90. The zero-order valence-corrected chi connectivity index (χ0v) is 10.3. The summed E-state index contributed by atoms with van der Waals surface area (Å²) >= 11 is 0. The molecule has 1 aromatic rings. The molecule has 0 aromatic heterocycles. The van der Waals surface area contributed by atoms with Crippen LogP contribution in [-0.4, -0.2) is 23.0 Å². The molecule has 0 unspecified atom stereocenters. The minimum Gasteiger partial charge on any atom is -0.376 e. The van der Waals surface area contributed by atoms with Gasteiger partial charge in [0, 0.05) is 17.7 Å². The fraction of sp³-hybridized carbons (Fsp3) is 0.231. The van der Waals surface area contributed by atoms with Gasteiger partial charge in [0.15, 0.2) is 5.70 Å². The second kappa shape index (κ2) is 5.01. The van der Waals surface area contributed by atoms with Crippen molar-refractivity contribution >= 4 is 11.6 Å². The van der Waals surface area contributed by atoms with E-state index in [4.69, 9.17) is 0 Å². The Morgan fingerprint density at radius 1 is 1.16 bits per heavy atom. The molecule has 1 aliphatic carbocycles. The number of fused-ring (bicyclic) bond motifs is 1. The molecule has 0 saturated carbocycles. The Hall–Kier alpha value is -2.50. The molecule has 0 amide bonds. The summed E-state index contributed by atoms with van der Waals surface area (Å²) in [4.78, 5) is 34.5. The third-order valence-corrected chi connectivity index (χ3v) is 2.83. The van der Waals surface area contributed by atoms with E-state index >= 15 is 0 Å². The zero-order valence-electron chi connectivity index (χ0n) is 10.3. The van der Waals surface area contributed by atoms with Crippen LogP contribution in [0.15, 0.2) is 35.7 Å². The van der Waals surface area contributed by atoms with Crippen LogP contribution in [0.2, 0.25) is 0 Å². The summed E-state index contributed by atoms with van der Waals surface area (Å²) in [5.41, 5.74) is -0.592. The van der Waals surface area contributed by atoms with Gasteiger partial charge in [-0.25, -0.2) is 0 Å². The van der Waals surface area contributed by atoms with Crippen LogP contribution in [0.3, 0.4) is 0 Å². The first-order chi connectivity index (χ1) is 9.07. The van der Waals surface area contributed by atoms with Gasteiger partial charge in [-0.05, 0) is 6.42 Å². The Kier molecular flexibility index (Phi) is 3.41. The van der Waals surface area contributed by atoms with Gasteiger partial charge in [-0.2, -0.15) is 0 Å². The molecule has 0 fully saturated rings. The number of carbonyl (C=O) groups excluding carboxylic acids is 2. The number of hydrogen-bond acceptors (Lipinski definition) is 5. The molecular weight excluding hydrogens is 248 g/mol. The van der Waals surface area contributed by atoms with Gasteiger partial charge < -0.3 is 5.32 Å². The van der Waals surface area contributed by atoms with E-state index in [2.05, 4.69) is 5.32 Å². The van der Waals surface area contributed by atoms with E-state index in [-0.39, 0.29) is 16.8 Å². The molecule has 6 nitrogen and oxygen atoms in total. The third-order valence-electron chi connectivity index (χ3n) is 2.83. The first-order valence-electron chi connectivity index (χ1n) is 5.89. The standard InChI is InChI=1S/C13H12N2O4/c1-2-7-14-10-11(15(18)19)13(17)9-6-4-3-5-8(9)12(10)16/h3-6,14H,2,7H2,1H3. The first kappa shape index (κ1) is 12.9. The van der Waals surface area contributed by atoms with Crippen LogP contribution >= 0.6 is 0 Å². The molecule has 1 aliphatic rings. The molecule has 0 heterocycles. The van der Waals surface area contributed by atoms with Crippen molar-refractivity contribution in [3.8, 4) is 0 Å². The number of rotatable bonds is 4. The largest absolute Gasteiger partial charge is 0.376 e. The SMILES string of the molecule is CCCNC1=C([N+](=O)[O-])C(=O)c2ccccc2C1=O. The van der Waals surface area contributed by atoms with E-state index in [1.165, 1.54) is 12.1 Å². The monoisotopic (exact) mass is 260 g/mol. The van der Waals surface area contributed by atoms with E-state index in [1.54, 1.807) is 12.1 Å². The maximum Gasteiger partial charge on any atom is 0.343 e. The Morgan fingerprint density at radius 3 is 2.26 bits per heavy atom. The molecule has 1 N–H and O–H groups in total. The minimum absolute atomic E-state index is 0.0845. The number of allylic oxidation sites excluding steroid dienone is 2. The third kappa shape index (κ3) is 2.12. The van der Waals surface area contributed by atoms with Crippen molar-refractivity contribution < 1.29 is 14.5 Å². The summed E-state index contributed by atoms with van der Waals surface area (Å²) in [7, 11) is 0. The highest BCUT2D eigenvalue weighted by atomic mass is 16.6. The Balaban J connectivity index is 2.59. The lowest BCUT2D eigenvalue weighted by molar-refractivity contribution is -0.418. The molecule has 19 heavy (non-hydrogen) atoms. The summed E-state index contributed by atoms with van der Waals surface area (Å²) in [5.74, 6) is -1.23. The smallest absolute Gasteiger partial charge is 0.343 e. The van der Waals surface area contributed by atoms with Crippen molar-refractivity contribution in [1.29, 1.82) is 0 Å². The van der Waals surface area contributed by atoms with E-state index < -0.39 is 22.2 Å². The molecule has 1 aromatic carbocycles. The summed E-state index contributed by atoms with van der Waals surface area (Å²) in [6.45, 7) is 2.26. The van der Waals surface area contributed by atoms with Crippen molar-refractivity contribution in [3.63, 3.8) is 0 Å². The van der Waals surface area contributed by atoms with E-state index in [1.807, 2.05) is 6.92 Å². The number of carbonyl (C=O) groups is 2. The lowest BCUT2D eigenvalue weighted by Gasteiger charge is -2.16. The maximum absolute atomic E-state index is 12.2. The quantitative estimate of drug-likeness (QED) is 0.655. The molecule has 0 atom stereocenters. The number of nitro groups is 1. The van der Waals surface area contributed by atoms with Crippen molar-refractivity contribution in [2.24, 2.45) is 0 Å². The average molecular weight is 260 g/mol. The van der Waals surface area contributed by atoms with Gasteiger partial charge in [0.2, 0.25) is 5.78 Å². The molecular formula is C13H12N2O4. The molecule has 0 saturated heterocycles. The number of ketones is 2. The first-order valence-corrected chi connectivity index (χ1v) is 5.89. The summed E-state index contributed by atoms with van der Waals surface area (Å²) < 4.78 is 0. The normalized spacial score (nSPS) is 14.4. The zero-order chi connectivity index (χ0) is 14.0. The Bertz CT molecular complexity index is 604. The van der Waals surface area contributed by atoms with Crippen LogP contribution in [-0.2, 0) is 0 Å². The molecule has 98 valence electrons. The van der Waals surface area contributed by atoms with Gasteiger partial charge in [0.25, 0.3) is 5.78 Å². The maximum atomic E-state index is 12.2. The van der Waals surface area contributed by atoms with Crippen molar-refractivity contribution in [1.82, 2.24) is 5.32 Å². The lowest BCUT2D eigenvalue weighted by Crippen LogP contribution is -2.33. The topological polar surface area (TPSA) is 89.3 Å². The molecule has 0 spiro atoms. The number of Topliss-reactive ketones (excluding diaryl/α,β-unsaturated/α-hetero) is 2. The second-order valence-electron chi connectivity index (χ2n) is 4.11. The van der Waals surface area contributed by atoms with Crippen LogP contribution in [0.1, 0.15) is 34.1 Å². The minimum atomic E-state index is -0.797. The highest BCUT2D eigenvalue weighted by Crippen LogP contribution is 2.25. The van der Waals surface area contributed by atoms with E-state index in [0.717, 1.165) is 0 Å². The van der Waals surface area contributed by atoms with Crippen molar-refractivity contribution in [2.75, 3.05) is 6.54 Å². The second-order valence-corrected chi connectivity index (χ2v) is 4.11. The van der Waals surface area contributed by atoms with Gasteiger partial charge in [-0.3, -0.25) is 19.7 Å². The van der Waals surface area contributed by atoms with Crippen LogP contribution in [0.4, 0.5) is 0 Å². The highest BCUT2D eigenvalue weighted by Gasteiger charge is 2.39. The van der Waals surface area contributed by atoms with Gasteiger partial charge >= 0.3 is 5.70 Å². The predicted octanol–water partition coefficient (Wildman–Crippen LogP) is 1.55. The number of nitrogens with one attached hydrogen (secondary N) is 1. The van der Waals surface area contributed by atoms with Crippen molar-refractivity contribution in [2.45, 2.75) is 13.3 Å². The van der Waals surface area contributed by atoms with Crippen molar-refractivity contribution in [3.05, 3.63) is 56.9 Å². The van der Waals surface area contributed by atoms with Gasteiger partial charge in [0.05, 0.1) is 4.92 Å². The van der Waals surface area contributed by atoms with Crippen LogP contribution in [0.5, 0.6) is 0 Å². The van der Waals surface area contributed by atoms with Gasteiger partial charge in [-0.15, -0.1) is 0 Å². The van der Waals surface area contributed by atoms with E-state index in [9.17, 15) is 19.7 Å². The highest BCUT2D eigenvalue weighted by molar-refractivity contribution is 6.25. The summed E-state index contributed by atoms with van der Waals surface area (Å²) in [6, 6.07) is 6.13. The summed E-state index contributed by atoms with van der Waals surface area (Å²) in [5, 5.41) is 13.7. The molecule has 2 rings (SSSR count). The Morgan fingerprint density at radius 2 is 1.74 bits per heavy atom. The fourth-order valence-electron chi connectivity index (χ4n) is 1.95. The van der Waals surface area contributed by atoms with Gasteiger partial charge in [0.1, 0.15) is 0 Å². The molecule has 0 bridgehead atoms. The number of benzene rings is 1. The molecule has 0 aliphatic heterocycles. The fourth-order valence-corrected chi connectivity index (χ4v) is 1.95. The number of hydrogen-bond donors (Lipinski definition) is 1. The van der Waals surface area contributed by atoms with Crippen LogP contribution in [0.25, 0.3) is 0 Å². The van der Waals surface area contributed by atoms with E-state index in [0.29, 0.717) is 13.0 Å². The van der Waals surface area contributed by atoms with Crippen LogP contribution in [0, 0.1) is 10.1 Å². The molecule has 0 radical (unpaired) electrons. The molecule has 6 heteroatoms. The van der Waals surface area contributed by atoms with Gasteiger partial charge in [-0.1, -0.05) is 31.2 Å². The predicted molar refractivity (Wildman–Crippen MR) is 67.4 cm³/mol. The summed E-state index contributed by atoms with van der Waals surface area (Å²) in [6.07, 6.45) is 0.692.